The number of halogens is 2. The number of esters is 1. The predicted octanol–water partition coefficient (Wildman–Crippen LogP) is 3.58. The van der Waals surface area contributed by atoms with Gasteiger partial charge < -0.3 is 14.6 Å². The Labute approximate surface area is 151 Å². The number of aromatic nitrogens is 1. The molecule has 1 aromatic carbocycles. The lowest BCUT2D eigenvalue weighted by atomic mass is 10.0. The van der Waals surface area contributed by atoms with Gasteiger partial charge in [-0.15, -0.1) is 0 Å². The molecule has 1 aromatic heterocycles. The largest absolute Gasteiger partial charge is 0.469 e. The predicted molar refractivity (Wildman–Crippen MR) is 94.1 cm³/mol. The molecule has 0 bridgehead atoms. The number of nitrogens with zero attached hydrogens (tertiary/aromatic N) is 1. The highest BCUT2D eigenvalue weighted by molar-refractivity contribution is 9.10. The molecule has 1 N–H and O–H groups in total. The summed E-state index contributed by atoms with van der Waals surface area (Å²) in [4.78, 5) is 24.1. The summed E-state index contributed by atoms with van der Waals surface area (Å²) in [5, 5.41) is 2.89. The lowest BCUT2D eigenvalue weighted by Crippen LogP contribution is -2.31. The Balaban J connectivity index is 2.23. The fourth-order valence-electron chi connectivity index (χ4n) is 2.18. The first-order valence-electron chi connectivity index (χ1n) is 6.85. The Morgan fingerprint density at radius 2 is 1.87 bits per heavy atom. The van der Waals surface area contributed by atoms with Gasteiger partial charge in [0.15, 0.2) is 0 Å². The minimum atomic E-state index is -0.461. The maximum Gasteiger partial charge on any atom is 0.307 e. The molecule has 2 rings (SSSR count). The van der Waals surface area contributed by atoms with Gasteiger partial charge in [0.1, 0.15) is 5.69 Å². The van der Waals surface area contributed by atoms with Crippen molar-refractivity contribution < 1.29 is 14.3 Å². The second kappa shape index (κ2) is 7.79. The van der Waals surface area contributed by atoms with Crippen molar-refractivity contribution in [3.63, 3.8) is 0 Å². The molecule has 2 aromatic rings. The van der Waals surface area contributed by atoms with Crippen molar-refractivity contribution in [2.45, 2.75) is 12.5 Å². The van der Waals surface area contributed by atoms with Crippen molar-refractivity contribution in [3.8, 4) is 0 Å². The van der Waals surface area contributed by atoms with Crippen LogP contribution in [0, 0.1) is 0 Å². The standard InChI is InChI=1S/C16H16Br2N2O3/c1-20-9-12(18)7-14(20)16(22)19-13(8-15(21)23-2)10-3-5-11(17)6-4-10/h3-7,9,13H,8H2,1-2H3,(H,19,22). The quantitative estimate of drug-likeness (QED) is 0.718. The van der Waals surface area contributed by atoms with Crippen LogP contribution < -0.4 is 5.32 Å². The summed E-state index contributed by atoms with van der Waals surface area (Å²) in [5.41, 5.74) is 1.34. The maximum atomic E-state index is 12.5. The molecule has 1 atom stereocenters. The number of hydrogen-bond donors (Lipinski definition) is 1. The molecule has 1 heterocycles. The second-order valence-corrected chi connectivity index (χ2v) is 6.84. The normalized spacial score (nSPS) is 11.8. The summed E-state index contributed by atoms with van der Waals surface area (Å²) >= 11 is 6.71. The van der Waals surface area contributed by atoms with E-state index in [1.165, 1.54) is 7.11 Å². The Morgan fingerprint density at radius 3 is 2.39 bits per heavy atom. The van der Waals surface area contributed by atoms with E-state index in [0.29, 0.717) is 5.69 Å². The molecule has 0 aliphatic rings. The number of carbonyl (C=O) groups excluding carboxylic acids is 2. The van der Waals surface area contributed by atoms with Crippen LogP contribution in [-0.4, -0.2) is 23.6 Å². The molecule has 0 aliphatic carbocycles. The molecular formula is C16H16Br2N2O3. The molecule has 0 saturated carbocycles. The summed E-state index contributed by atoms with van der Waals surface area (Å²) in [5.74, 6) is -0.638. The highest BCUT2D eigenvalue weighted by Gasteiger charge is 2.21. The van der Waals surface area contributed by atoms with Crippen LogP contribution in [0.1, 0.15) is 28.5 Å². The van der Waals surface area contributed by atoms with Gasteiger partial charge >= 0.3 is 5.97 Å². The summed E-state index contributed by atoms with van der Waals surface area (Å²) in [7, 11) is 3.12. The third-order valence-electron chi connectivity index (χ3n) is 3.38. The molecule has 0 aliphatic heterocycles. The van der Waals surface area contributed by atoms with Crippen LogP contribution in [0.2, 0.25) is 0 Å². The average Bonchev–Trinajstić information content (AvgIpc) is 2.86. The van der Waals surface area contributed by atoms with E-state index in [1.54, 1.807) is 23.9 Å². The third-order valence-corrected chi connectivity index (χ3v) is 4.34. The fourth-order valence-corrected chi connectivity index (χ4v) is 2.97. The summed E-state index contributed by atoms with van der Waals surface area (Å²) in [6, 6.07) is 8.72. The SMILES string of the molecule is COC(=O)CC(NC(=O)c1cc(Br)cn1C)c1ccc(Br)cc1. The first-order chi connectivity index (χ1) is 10.9. The van der Waals surface area contributed by atoms with Gasteiger partial charge in [-0.25, -0.2) is 0 Å². The van der Waals surface area contributed by atoms with Crippen LogP contribution in [0.4, 0.5) is 0 Å². The van der Waals surface area contributed by atoms with Crippen molar-refractivity contribution in [2.75, 3.05) is 7.11 Å². The molecule has 1 unspecified atom stereocenters. The lowest BCUT2D eigenvalue weighted by molar-refractivity contribution is -0.141. The van der Waals surface area contributed by atoms with E-state index in [2.05, 4.69) is 37.2 Å². The number of carbonyl (C=O) groups is 2. The van der Waals surface area contributed by atoms with Gasteiger partial charge in [-0.2, -0.15) is 0 Å². The molecule has 0 saturated heterocycles. The molecule has 0 fully saturated rings. The van der Waals surface area contributed by atoms with Crippen molar-refractivity contribution in [2.24, 2.45) is 7.05 Å². The van der Waals surface area contributed by atoms with Gasteiger partial charge in [0.25, 0.3) is 5.91 Å². The van der Waals surface area contributed by atoms with Crippen molar-refractivity contribution in [3.05, 3.63) is 56.7 Å². The molecule has 122 valence electrons. The Bertz CT molecular complexity index is 711. The topological polar surface area (TPSA) is 60.3 Å². The van der Waals surface area contributed by atoms with E-state index in [4.69, 9.17) is 4.74 Å². The molecule has 0 spiro atoms. The van der Waals surface area contributed by atoms with E-state index >= 15 is 0 Å². The van der Waals surface area contributed by atoms with E-state index < -0.39 is 6.04 Å². The molecular weight excluding hydrogens is 428 g/mol. The van der Waals surface area contributed by atoms with Crippen LogP contribution in [0.5, 0.6) is 0 Å². The van der Waals surface area contributed by atoms with E-state index in [9.17, 15) is 9.59 Å². The minimum absolute atomic E-state index is 0.0649. The highest BCUT2D eigenvalue weighted by atomic mass is 79.9. The fraction of sp³-hybridized carbons (Fsp3) is 0.250. The number of hydrogen-bond acceptors (Lipinski definition) is 3. The molecule has 0 radical (unpaired) electrons. The number of benzene rings is 1. The van der Waals surface area contributed by atoms with Crippen LogP contribution >= 0.6 is 31.9 Å². The van der Waals surface area contributed by atoms with E-state index in [0.717, 1.165) is 14.5 Å². The highest BCUT2D eigenvalue weighted by Crippen LogP contribution is 2.21. The Kier molecular flexibility index (Phi) is 6.01. The summed E-state index contributed by atoms with van der Waals surface area (Å²) < 4.78 is 8.19. The summed E-state index contributed by atoms with van der Waals surface area (Å²) in [6.45, 7) is 0. The lowest BCUT2D eigenvalue weighted by Gasteiger charge is -2.18. The van der Waals surface area contributed by atoms with E-state index in [-0.39, 0.29) is 18.3 Å². The van der Waals surface area contributed by atoms with Crippen LogP contribution in [0.3, 0.4) is 0 Å². The van der Waals surface area contributed by atoms with E-state index in [1.807, 2.05) is 24.3 Å². The summed E-state index contributed by atoms with van der Waals surface area (Å²) in [6.07, 6.45) is 1.86. The number of ether oxygens (including phenoxy) is 1. The van der Waals surface area contributed by atoms with Crippen LogP contribution in [-0.2, 0) is 16.6 Å². The average molecular weight is 444 g/mol. The zero-order valence-corrected chi connectivity index (χ0v) is 15.8. The van der Waals surface area contributed by atoms with Crippen molar-refractivity contribution in [1.29, 1.82) is 0 Å². The Hall–Kier alpha value is -1.60. The monoisotopic (exact) mass is 442 g/mol. The number of nitrogens with one attached hydrogen (secondary N) is 1. The second-order valence-electron chi connectivity index (χ2n) is 5.01. The van der Waals surface area contributed by atoms with Crippen LogP contribution in [0.15, 0.2) is 45.5 Å². The smallest absolute Gasteiger partial charge is 0.307 e. The van der Waals surface area contributed by atoms with Gasteiger partial charge in [-0.1, -0.05) is 28.1 Å². The molecule has 1 amide bonds. The van der Waals surface area contributed by atoms with Gasteiger partial charge in [-0.05, 0) is 39.7 Å². The van der Waals surface area contributed by atoms with Crippen molar-refractivity contribution in [1.82, 2.24) is 9.88 Å². The first kappa shape index (κ1) is 17.7. The molecule has 5 nitrogen and oxygen atoms in total. The number of aryl methyl sites for hydroxylation is 1. The van der Waals surface area contributed by atoms with Gasteiger partial charge in [0.05, 0.1) is 19.6 Å². The first-order valence-corrected chi connectivity index (χ1v) is 8.44. The number of methoxy groups -OCH3 is 1. The maximum absolute atomic E-state index is 12.5. The van der Waals surface area contributed by atoms with Crippen LogP contribution in [0.25, 0.3) is 0 Å². The zero-order valence-electron chi connectivity index (χ0n) is 12.7. The van der Waals surface area contributed by atoms with Gasteiger partial charge in [0.2, 0.25) is 0 Å². The number of amides is 1. The Morgan fingerprint density at radius 1 is 1.22 bits per heavy atom. The number of rotatable bonds is 5. The van der Waals surface area contributed by atoms with Crippen molar-refractivity contribution >= 4 is 43.7 Å². The molecule has 23 heavy (non-hydrogen) atoms. The van der Waals surface area contributed by atoms with Gasteiger partial charge in [0, 0.05) is 22.2 Å². The third kappa shape index (κ3) is 4.68. The zero-order chi connectivity index (χ0) is 17.0. The van der Waals surface area contributed by atoms with Gasteiger partial charge in [-0.3, -0.25) is 9.59 Å². The molecule has 7 heteroatoms. The minimum Gasteiger partial charge on any atom is -0.469 e.